The Morgan fingerprint density at radius 2 is 1.78 bits per heavy atom. The Balaban J connectivity index is 1.70. The van der Waals surface area contributed by atoms with Crippen LogP contribution in [0.25, 0.3) is 6.08 Å². The molecule has 1 fully saturated rings. The van der Waals surface area contributed by atoms with Crippen LogP contribution in [0.5, 0.6) is 23.0 Å². The van der Waals surface area contributed by atoms with Crippen molar-refractivity contribution in [1.82, 2.24) is 0 Å². The van der Waals surface area contributed by atoms with Gasteiger partial charge in [0.1, 0.15) is 35.9 Å². The summed E-state index contributed by atoms with van der Waals surface area (Å²) in [7, 11) is 1.42. The van der Waals surface area contributed by atoms with Crippen molar-refractivity contribution in [3.05, 3.63) is 53.6 Å². The van der Waals surface area contributed by atoms with Gasteiger partial charge in [-0.25, -0.2) is 0 Å². The lowest BCUT2D eigenvalue weighted by Crippen LogP contribution is -2.60. The summed E-state index contributed by atoms with van der Waals surface area (Å²) in [6.07, 6.45) is -4.64. The number of hydrogen-bond acceptors (Lipinski definition) is 10. The Kier molecular flexibility index (Phi) is 7.33. The maximum absolute atomic E-state index is 12.4. The molecular formula is C22H24O10. The van der Waals surface area contributed by atoms with Crippen molar-refractivity contribution in [2.75, 3.05) is 13.7 Å². The van der Waals surface area contributed by atoms with Crippen LogP contribution < -0.4 is 9.47 Å². The summed E-state index contributed by atoms with van der Waals surface area (Å²) >= 11 is 0. The molecular weight excluding hydrogens is 424 g/mol. The highest BCUT2D eigenvalue weighted by Gasteiger charge is 2.44. The van der Waals surface area contributed by atoms with Crippen LogP contribution in [0.3, 0.4) is 0 Å². The van der Waals surface area contributed by atoms with E-state index in [1.165, 1.54) is 37.5 Å². The second kappa shape index (κ2) is 9.98. The number of aliphatic hydroxyl groups excluding tert-OH is 4. The van der Waals surface area contributed by atoms with Gasteiger partial charge >= 0.3 is 0 Å². The molecule has 1 heterocycles. The molecule has 1 aliphatic heterocycles. The average molecular weight is 448 g/mol. The molecule has 32 heavy (non-hydrogen) atoms. The number of rotatable bonds is 7. The molecule has 10 nitrogen and oxygen atoms in total. The molecule has 0 spiro atoms. The lowest BCUT2D eigenvalue weighted by atomic mass is 9.99. The van der Waals surface area contributed by atoms with Crippen molar-refractivity contribution < 1.29 is 49.6 Å². The Morgan fingerprint density at radius 3 is 2.41 bits per heavy atom. The van der Waals surface area contributed by atoms with Crippen LogP contribution in [0.4, 0.5) is 0 Å². The Hall–Kier alpha value is -3.15. The van der Waals surface area contributed by atoms with E-state index in [1.54, 1.807) is 12.1 Å². The zero-order valence-corrected chi connectivity index (χ0v) is 17.0. The number of carbonyl (C=O) groups is 1. The molecule has 172 valence electrons. The van der Waals surface area contributed by atoms with Gasteiger partial charge < -0.3 is 44.8 Å². The number of phenolic OH excluding ortho intramolecular Hbond substituents is 2. The number of aromatic hydroxyl groups is 2. The van der Waals surface area contributed by atoms with Crippen LogP contribution in [0.15, 0.2) is 42.5 Å². The zero-order chi connectivity index (χ0) is 23.4. The van der Waals surface area contributed by atoms with Crippen molar-refractivity contribution in [1.29, 1.82) is 0 Å². The van der Waals surface area contributed by atoms with Crippen molar-refractivity contribution in [2.45, 2.75) is 30.7 Å². The molecule has 3 rings (SSSR count). The van der Waals surface area contributed by atoms with Crippen LogP contribution in [0.1, 0.15) is 15.9 Å². The lowest BCUT2D eigenvalue weighted by Gasteiger charge is -2.39. The van der Waals surface area contributed by atoms with E-state index in [0.717, 1.165) is 6.07 Å². The van der Waals surface area contributed by atoms with Crippen LogP contribution >= 0.6 is 0 Å². The molecule has 0 amide bonds. The van der Waals surface area contributed by atoms with Crippen molar-refractivity contribution >= 4 is 11.9 Å². The lowest BCUT2D eigenvalue weighted by molar-refractivity contribution is -0.277. The number of allylic oxidation sites excluding steroid dienone is 1. The summed E-state index contributed by atoms with van der Waals surface area (Å²) in [6.45, 7) is -0.609. The van der Waals surface area contributed by atoms with E-state index >= 15 is 0 Å². The van der Waals surface area contributed by atoms with Crippen LogP contribution in [-0.2, 0) is 4.74 Å². The third kappa shape index (κ3) is 5.01. The maximum Gasteiger partial charge on any atom is 0.229 e. The van der Waals surface area contributed by atoms with Crippen LogP contribution in [-0.4, -0.2) is 80.8 Å². The smallest absolute Gasteiger partial charge is 0.229 e. The highest BCUT2D eigenvalue weighted by atomic mass is 16.7. The van der Waals surface area contributed by atoms with E-state index in [9.17, 15) is 35.4 Å². The SMILES string of the molecule is COc1ccc(/C=C/C(=O)c2ccc(O[C@@H]3O[C@H](CO)[C@@H](O)[C@H](O)[C@H]3O)cc2O)cc1O. The number of ether oxygens (including phenoxy) is 3. The van der Waals surface area contributed by atoms with Gasteiger partial charge in [0.25, 0.3) is 0 Å². The average Bonchev–Trinajstić information content (AvgIpc) is 2.78. The molecule has 0 bridgehead atoms. The van der Waals surface area contributed by atoms with E-state index < -0.39 is 48.8 Å². The largest absolute Gasteiger partial charge is 0.507 e. The molecule has 2 aromatic rings. The number of methoxy groups -OCH3 is 1. The first-order chi connectivity index (χ1) is 15.2. The minimum absolute atomic E-state index is 0.0208. The Morgan fingerprint density at radius 1 is 1.03 bits per heavy atom. The van der Waals surface area contributed by atoms with Crippen molar-refractivity contribution in [3.63, 3.8) is 0 Å². The molecule has 1 aliphatic rings. The predicted octanol–water partition coefficient (Wildman–Crippen LogP) is 0.181. The first kappa shape index (κ1) is 23.5. The quantitative estimate of drug-likeness (QED) is 0.254. The van der Waals surface area contributed by atoms with E-state index in [4.69, 9.17) is 14.2 Å². The molecule has 10 heteroatoms. The first-order valence-electron chi connectivity index (χ1n) is 9.64. The van der Waals surface area contributed by atoms with E-state index in [2.05, 4.69) is 0 Å². The molecule has 6 N–H and O–H groups in total. The summed E-state index contributed by atoms with van der Waals surface area (Å²) < 4.78 is 15.6. The van der Waals surface area contributed by atoms with Gasteiger partial charge in [-0.05, 0) is 35.9 Å². The molecule has 5 atom stereocenters. The van der Waals surface area contributed by atoms with Gasteiger partial charge in [0.05, 0.1) is 19.3 Å². The molecule has 0 unspecified atom stereocenters. The first-order valence-corrected chi connectivity index (χ1v) is 9.64. The summed E-state index contributed by atoms with van der Waals surface area (Å²) in [5.41, 5.74) is 0.513. The summed E-state index contributed by atoms with van der Waals surface area (Å²) in [6, 6.07) is 8.37. The molecule has 0 aliphatic carbocycles. The third-order valence-corrected chi connectivity index (χ3v) is 4.97. The zero-order valence-electron chi connectivity index (χ0n) is 17.0. The maximum atomic E-state index is 12.4. The Labute approximate surface area is 183 Å². The number of benzene rings is 2. The molecule has 0 aromatic heterocycles. The van der Waals surface area contributed by atoms with E-state index in [0.29, 0.717) is 11.3 Å². The highest BCUT2D eigenvalue weighted by molar-refractivity contribution is 6.08. The van der Waals surface area contributed by atoms with Crippen LogP contribution in [0, 0.1) is 0 Å². The van der Waals surface area contributed by atoms with E-state index in [1.807, 2.05) is 0 Å². The fourth-order valence-corrected chi connectivity index (χ4v) is 3.16. The summed E-state index contributed by atoms with van der Waals surface area (Å²) in [5.74, 6) is -0.690. The molecule has 1 saturated heterocycles. The standard InChI is InChI=1S/C22H24O10/c1-30-17-7-3-11(8-16(17)26)2-6-14(24)13-5-4-12(9-15(13)25)31-22-21(29)20(28)19(27)18(10-23)32-22/h2-9,18-23,25-29H,10H2,1H3/b6-2+/t18-,19-,20+,21-,22-/m1/s1. The minimum Gasteiger partial charge on any atom is -0.507 e. The molecule has 0 saturated carbocycles. The highest BCUT2D eigenvalue weighted by Crippen LogP contribution is 2.29. The van der Waals surface area contributed by atoms with Gasteiger partial charge in [-0.2, -0.15) is 0 Å². The normalized spacial score (nSPS) is 25.6. The topological polar surface area (TPSA) is 166 Å². The number of carbonyl (C=O) groups excluding carboxylic acids is 1. The predicted molar refractivity (Wildman–Crippen MR) is 111 cm³/mol. The second-order valence-electron chi connectivity index (χ2n) is 7.12. The summed E-state index contributed by atoms with van der Waals surface area (Å²) in [4.78, 5) is 12.4. The molecule has 0 radical (unpaired) electrons. The summed E-state index contributed by atoms with van der Waals surface area (Å²) in [5, 5.41) is 58.9. The fraction of sp³-hybridized carbons (Fsp3) is 0.318. The third-order valence-electron chi connectivity index (χ3n) is 4.97. The van der Waals surface area contributed by atoms with Crippen molar-refractivity contribution in [2.24, 2.45) is 0 Å². The second-order valence-corrected chi connectivity index (χ2v) is 7.12. The van der Waals surface area contributed by atoms with Gasteiger partial charge in [-0.1, -0.05) is 12.1 Å². The Bertz CT molecular complexity index is 987. The number of phenols is 2. The molecule has 2 aromatic carbocycles. The van der Waals surface area contributed by atoms with E-state index in [-0.39, 0.29) is 17.1 Å². The number of ketones is 1. The van der Waals surface area contributed by atoms with Gasteiger partial charge in [0.2, 0.25) is 6.29 Å². The van der Waals surface area contributed by atoms with Crippen LogP contribution in [0.2, 0.25) is 0 Å². The van der Waals surface area contributed by atoms with Crippen molar-refractivity contribution in [3.8, 4) is 23.0 Å². The fourth-order valence-electron chi connectivity index (χ4n) is 3.16. The minimum atomic E-state index is -1.61. The van der Waals surface area contributed by atoms with Gasteiger partial charge in [-0.15, -0.1) is 0 Å². The number of hydrogen-bond donors (Lipinski definition) is 6. The number of aliphatic hydroxyl groups is 4. The van der Waals surface area contributed by atoms with Gasteiger partial charge in [0, 0.05) is 6.07 Å². The monoisotopic (exact) mass is 448 g/mol. The van der Waals surface area contributed by atoms with Gasteiger partial charge in [0.15, 0.2) is 17.3 Å². The van der Waals surface area contributed by atoms with Gasteiger partial charge in [-0.3, -0.25) is 4.79 Å².